The fraction of sp³-hybridized carbons (Fsp3) is 1.00. The van der Waals surface area contributed by atoms with Gasteiger partial charge >= 0.3 is 0 Å². The van der Waals surface area contributed by atoms with E-state index >= 15 is 0 Å². The first kappa shape index (κ1) is 9.17. The van der Waals surface area contributed by atoms with Crippen LogP contribution < -0.4 is 5.32 Å². The quantitative estimate of drug-likeness (QED) is 0.743. The first-order chi connectivity index (χ1) is 6.89. The van der Waals surface area contributed by atoms with E-state index in [-0.39, 0.29) is 0 Å². The van der Waals surface area contributed by atoms with Crippen molar-refractivity contribution in [3.8, 4) is 0 Å². The summed E-state index contributed by atoms with van der Waals surface area (Å²) in [4.78, 5) is 0. The van der Waals surface area contributed by atoms with E-state index in [2.05, 4.69) is 5.32 Å². The Morgan fingerprint density at radius 1 is 1.29 bits per heavy atom. The van der Waals surface area contributed by atoms with Crippen molar-refractivity contribution in [1.82, 2.24) is 5.32 Å². The van der Waals surface area contributed by atoms with Gasteiger partial charge in [0.15, 0.2) is 0 Å². The van der Waals surface area contributed by atoms with Crippen LogP contribution in [0.15, 0.2) is 0 Å². The van der Waals surface area contributed by atoms with E-state index in [1.165, 1.54) is 45.1 Å². The number of nitrogens with one attached hydrogen (secondary N) is 1. The maximum Gasteiger partial charge on any atom is 0.0620 e. The third-order valence-corrected chi connectivity index (χ3v) is 4.51. The highest BCUT2D eigenvalue weighted by atomic mass is 16.5. The van der Waals surface area contributed by atoms with Crippen LogP contribution in [0.3, 0.4) is 0 Å². The van der Waals surface area contributed by atoms with Gasteiger partial charge in [-0.25, -0.2) is 0 Å². The third kappa shape index (κ3) is 1.59. The van der Waals surface area contributed by atoms with Crippen LogP contribution >= 0.6 is 0 Å². The number of rotatable bonds is 3. The first-order valence-electron chi connectivity index (χ1n) is 6.20. The van der Waals surface area contributed by atoms with E-state index in [0.717, 1.165) is 24.5 Å². The minimum Gasteiger partial charge on any atom is -0.380 e. The molecule has 0 bridgehead atoms. The minimum atomic E-state index is 0.660. The number of hydrogen-bond acceptors (Lipinski definition) is 2. The zero-order valence-corrected chi connectivity index (χ0v) is 8.93. The highest BCUT2D eigenvalue weighted by Crippen LogP contribution is 2.60. The number of fused-ring (bicyclic) bond motifs is 1. The van der Waals surface area contributed by atoms with Gasteiger partial charge in [0.25, 0.3) is 0 Å². The molecule has 3 aliphatic rings. The van der Waals surface area contributed by atoms with Crippen LogP contribution in [-0.4, -0.2) is 25.8 Å². The van der Waals surface area contributed by atoms with E-state index in [0.29, 0.717) is 6.04 Å². The minimum absolute atomic E-state index is 0.660. The average Bonchev–Trinajstić information content (AvgIpc) is 2.71. The summed E-state index contributed by atoms with van der Waals surface area (Å²) in [6.07, 6.45) is 8.67. The lowest BCUT2D eigenvalue weighted by Crippen LogP contribution is -2.35. The van der Waals surface area contributed by atoms with Crippen LogP contribution in [0.25, 0.3) is 0 Å². The molecule has 3 atom stereocenters. The first-order valence-corrected chi connectivity index (χ1v) is 6.20. The lowest BCUT2D eigenvalue weighted by Gasteiger charge is -2.23. The van der Waals surface area contributed by atoms with E-state index < -0.39 is 0 Å². The van der Waals surface area contributed by atoms with Gasteiger partial charge in [-0.2, -0.15) is 0 Å². The molecule has 2 saturated carbocycles. The summed E-state index contributed by atoms with van der Waals surface area (Å²) in [7, 11) is 0. The summed E-state index contributed by atoms with van der Waals surface area (Å²) in [5.41, 5.74) is 0.737. The largest absolute Gasteiger partial charge is 0.380 e. The molecule has 0 spiro atoms. The number of hydrogen-bond donors (Lipinski definition) is 1. The van der Waals surface area contributed by atoms with Crippen LogP contribution in [0.5, 0.6) is 0 Å². The van der Waals surface area contributed by atoms with E-state index in [4.69, 9.17) is 4.74 Å². The monoisotopic (exact) mass is 195 g/mol. The normalized spacial score (nSPS) is 46.3. The molecule has 1 N–H and O–H groups in total. The summed E-state index contributed by atoms with van der Waals surface area (Å²) in [6, 6.07) is 0.660. The molecule has 3 rings (SSSR count). The fourth-order valence-electron chi connectivity index (χ4n) is 3.36. The molecule has 2 aliphatic carbocycles. The lowest BCUT2D eigenvalue weighted by atomic mass is 9.88. The van der Waals surface area contributed by atoms with Crippen molar-refractivity contribution < 1.29 is 4.74 Å². The smallest absolute Gasteiger partial charge is 0.0620 e. The molecule has 2 nitrogen and oxygen atoms in total. The molecule has 0 aromatic rings. The molecule has 80 valence electrons. The summed E-state index contributed by atoms with van der Waals surface area (Å²) >= 11 is 0. The maximum absolute atomic E-state index is 5.38. The Morgan fingerprint density at radius 3 is 3.07 bits per heavy atom. The van der Waals surface area contributed by atoms with Crippen molar-refractivity contribution in [2.45, 2.75) is 44.6 Å². The second-order valence-corrected chi connectivity index (χ2v) is 5.45. The lowest BCUT2D eigenvalue weighted by molar-refractivity contribution is 0.187. The van der Waals surface area contributed by atoms with Crippen molar-refractivity contribution in [2.75, 3.05) is 19.8 Å². The average molecular weight is 195 g/mol. The van der Waals surface area contributed by atoms with E-state index in [9.17, 15) is 0 Å². The van der Waals surface area contributed by atoms with E-state index in [1.54, 1.807) is 0 Å². The number of ether oxygens (including phenoxy) is 1. The van der Waals surface area contributed by atoms with Crippen LogP contribution in [0.4, 0.5) is 0 Å². The van der Waals surface area contributed by atoms with E-state index in [1.807, 2.05) is 0 Å². The zero-order valence-electron chi connectivity index (χ0n) is 8.93. The van der Waals surface area contributed by atoms with Crippen LogP contribution in [0, 0.1) is 11.3 Å². The zero-order chi connectivity index (χ0) is 9.43. The van der Waals surface area contributed by atoms with Crippen molar-refractivity contribution >= 4 is 0 Å². The van der Waals surface area contributed by atoms with Gasteiger partial charge in [0.05, 0.1) is 6.61 Å². The molecule has 2 heteroatoms. The summed E-state index contributed by atoms with van der Waals surface area (Å²) < 4.78 is 5.38. The van der Waals surface area contributed by atoms with Crippen LogP contribution in [0.2, 0.25) is 0 Å². The molecule has 14 heavy (non-hydrogen) atoms. The second-order valence-electron chi connectivity index (χ2n) is 5.45. The Morgan fingerprint density at radius 2 is 2.29 bits per heavy atom. The SMILES string of the molecule is C1CCC2(CNC3CCOC3)CC2C1. The van der Waals surface area contributed by atoms with Gasteiger partial charge in [-0.05, 0) is 37.0 Å². The molecular formula is C12H21NO. The predicted octanol–water partition coefficient (Wildman–Crippen LogP) is 1.95. The van der Waals surface area contributed by atoms with Crippen LogP contribution in [0.1, 0.15) is 38.5 Å². The molecule has 0 radical (unpaired) electrons. The van der Waals surface area contributed by atoms with Gasteiger partial charge in [0.2, 0.25) is 0 Å². The van der Waals surface area contributed by atoms with Crippen molar-refractivity contribution in [3.63, 3.8) is 0 Å². The molecule has 1 aliphatic heterocycles. The molecule has 1 heterocycles. The second kappa shape index (κ2) is 3.49. The Bertz CT molecular complexity index is 212. The molecule has 0 aromatic carbocycles. The predicted molar refractivity (Wildman–Crippen MR) is 56.2 cm³/mol. The van der Waals surface area contributed by atoms with Gasteiger partial charge in [0, 0.05) is 19.2 Å². The standard InChI is InChI=1S/C12H21NO/c1-2-5-12(7-10(12)3-1)9-13-11-4-6-14-8-11/h10-11,13H,1-9H2. The molecule has 3 fully saturated rings. The molecule has 0 aromatic heterocycles. The van der Waals surface area contributed by atoms with Gasteiger partial charge in [0.1, 0.15) is 0 Å². The molecule has 3 unspecified atom stereocenters. The summed E-state index contributed by atoms with van der Waals surface area (Å²) in [5.74, 6) is 1.08. The molecular weight excluding hydrogens is 174 g/mol. The van der Waals surface area contributed by atoms with Gasteiger partial charge in [-0.1, -0.05) is 12.8 Å². The van der Waals surface area contributed by atoms with Crippen molar-refractivity contribution in [1.29, 1.82) is 0 Å². The summed E-state index contributed by atoms with van der Waals surface area (Å²) in [6.45, 7) is 3.18. The highest BCUT2D eigenvalue weighted by Gasteiger charge is 2.54. The van der Waals surface area contributed by atoms with Gasteiger partial charge in [-0.3, -0.25) is 0 Å². The molecule has 1 saturated heterocycles. The Hall–Kier alpha value is -0.0800. The highest BCUT2D eigenvalue weighted by molar-refractivity contribution is 5.05. The summed E-state index contributed by atoms with van der Waals surface area (Å²) in [5, 5.41) is 3.71. The maximum atomic E-state index is 5.38. The Labute approximate surface area is 86.4 Å². The molecule has 0 amide bonds. The topological polar surface area (TPSA) is 21.3 Å². The van der Waals surface area contributed by atoms with Gasteiger partial charge in [-0.15, -0.1) is 0 Å². The van der Waals surface area contributed by atoms with Crippen molar-refractivity contribution in [2.24, 2.45) is 11.3 Å². The Balaban J connectivity index is 1.48. The Kier molecular flexibility index (Phi) is 2.29. The van der Waals surface area contributed by atoms with Gasteiger partial charge < -0.3 is 10.1 Å². The van der Waals surface area contributed by atoms with Crippen LogP contribution in [-0.2, 0) is 4.74 Å². The third-order valence-electron chi connectivity index (χ3n) is 4.51. The van der Waals surface area contributed by atoms with Crippen molar-refractivity contribution in [3.05, 3.63) is 0 Å². The fourth-order valence-corrected chi connectivity index (χ4v) is 3.36.